The molecule has 1 unspecified atom stereocenters. The number of nitrogens with zero attached hydrogens (tertiary/aromatic N) is 1. The van der Waals surface area contributed by atoms with Gasteiger partial charge in [-0.3, -0.25) is 9.69 Å². The van der Waals surface area contributed by atoms with Crippen molar-refractivity contribution in [3.8, 4) is 0 Å². The van der Waals surface area contributed by atoms with Crippen LogP contribution in [0.25, 0.3) is 0 Å². The summed E-state index contributed by atoms with van der Waals surface area (Å²) in [6, 6.07) is 4.31. The number of carboxylic acids is 1. The number of carbonyl (C=O) groups is 1. The molecule has 1 aliphatic heterocycles. The van der Waals surface area contributed by atoms with E-state index in [1.807, 2.05) is 0 Å². The average molecular weight is 282 g/mol. The predicted octanol–water partition coefficient (Wildman–Crippen LogP) is 2.03. The summed E-state index contributed by atoms with van der Waals surface area (Å²) in [4.78, 5) is 15.9. The maximum Gasteiger partial charge on any atom is 0.325 e. The molecule has 5 heteroatoms. The lowest BCUT2D eigenvalue weighted by Crippen LogP contribution is -2.49. The second kappa shape index (κ2) is 4.89. The minimum absolute atomic E-state index is 0.173. The van der Waals surface area contributed by atoms with Gasteiger partial charge in [-0.15, -0.1) is 11.3 Å². The van der Waals surface area contributed by atoms with Gasteiger partial charge < -0.3 is 10.8 Å². The predicted molar refractivity (Wildman–Crippen MR) is 77.5 cm³/mol. The van der Waals surface area contributed by atoms with Crippen molar-refractivity contribution >= 4 is 17.3 Å². The first-order chi connectivity index (χ1) is 8.71. The Hall–Kier alpha value is -0.910. The van der Waals surface area contributed by atoms with Crippen LogP contribution in [0.5, 0.6) is 0 Å². The van der Waals surface area contributed by atoms with Crippen LogP contribution in [0, 0.1) is 0 Å². The fourth-order valence-corrected chi connectivity index (χ4v) is 3.42. The smallest absolute Gasteiger partial charge is 0.325 e. The molecule has 1 saturated heterocycles. The molecule has 1 atom stereocenters. The van der Waals surface area contributed by atoms with E-state index in [4.69, 9.17) is 10.8 Å². The molecule has 2 heterocycles. The molecule has 1 aromatic rings. The third-order valence-corrected chi connectivity index (χ3v) is 5.08. The third kappa shape index (κ3) is 3.16. The zero-order chi connectivity index (χ0) is 14.3. The van der Waals surface area contributed by atoms with E-state index in [0.29, 0.717) is 13.0 Å². The van der Waals surface area contributed by atoms with Crippen LogP contribution in [0.2, 0.25) is 0 Å². The minimum Gasteiger partial charge on any atom is -0.480 e. The highest BCUT2D eigenvalue weighted by Crippen LogP contribution is 2.31. The molecular formula is C14H22N2O2S. The highest BCUT2D eigenvalue weighted by atomic mass is 32.1. The molecule has 0 amide bonds. The van der Waals surface area contributed by atoms with Crippen molar-refractivity contribution in [3.05, 3.63) is 21.9 Å². The molecular weight excluding hydrogens is 260 g/mol. The van der Waals surface area contributed by atoms with Crippen LogP contribution in [-0.4, -0.2) is 34.6 Å². The lowest BCUT2D eigenvalue weighted by Gasteiger charge is -2.19. The number of aliphatic carboxylic acids is 1. The summed E-state index contributed by atoms with van der Waals surface area (Å²) in [7, 11) is 0. The van der Waals surface area contributed by atoms with Crippen LogP contribution in [-0.2, 0) is 16.8 Å². The van der Waals surface area contributed by atoms with Crippen LogP contribution in [0.4, 0.5) is 0 Å². The Kier molecular flexibility index (Phi) is 3.73. The molecule has 0 radical (unpaired) electrons. The maximum atomic E-state index is 11.1. The standard InChI is InChI=1S/C14H22N2O2S/c1-13(2,3)11-5-4-10(19-11)8-16-7-6-14(15,9-16)12(17)18/h4-5H,6-9,15H2,1-3H3,(H,17,18). The molecule has 3 N–H and O–H groups in total. The number of hydrogen-bond acceptors (Lipinski definition) is 4. The topological polar surface area (TPSA) is 66.6 Å². The van der Waals surface area contributed by atoms with Gasteiger partial charge in [-0.2, -0.15) is 0 Å². The van der Waals surface area contributed by atoms with Crippen molar-refractivity contribution in [1.82, 2.24) is 4.90 Å². The number of hydrogen-bond donors (Lipinski definition) is 2. The molecule has 0 saturated carbocycles. The largest absolute Gasteiger partial charge is 0.480 e. The van der Waals surface area contributed by atoms with E-state index in [1.54, 1.807) is 11.3 Å². The van der Waals surface area contributed by atoms with Gasteiger partial charge in [0.25, 0.3) is 0 Å². The van der Waals surface area contributed by atoms with E-state index in [0.717, 1.165) is 13.1 Å². The molecule has 0 aromatic carbocycles. The van der Waals surface area contributed by atoms with Crippen molar-refractivity contribution in [2.75, 3.05) is 13.1 Å². The first-order valence-electron chi connectivity index (χ1n) is 6.54. The number of carboxylic acid groups (broad SMARTS) is 1. The van der Waals surface area contributed by atoms with Crippen LogP contribution >= 0.6 is 11.3 Å². The minimum atomic E-state index is -1.07. The summed E-state index contributed by atoms with van der Waals surface area (Å²) in [6.45, 7) is 8.60. The van der Waals surface area contributed by atoms with Gasteiger partial charge in [0, 0.05) is 29.4 Å². The quantitative estimate of drug-likeness (QED) is 0.890. The van der Waals surface area contributed by atoms with Gasteiger partial charge in [-0.1, -0.05) is 20.8 Å². The van der Waals surface area contributed by atoms with Crippen LogP contribution in [0.15, 0.2) is 12.1 Å². The Bertz CT molecular complexity index is 478. The average Bonchev–Trinajstić information content (AvgIpc) is 2.86. The fraction of sp³-hybridized carbons (Fsp3) is 0.643. The summed E-state index contributed by atoms with van der Waals surface area (Å²) >= 11 is 1.81. The second-order valence-electron chi connectivity index (χ2n) is 6.44. The SMILES string of the molecule is CC(C)(C)c1ccc(CN2CCC(N)(C(=O)O)C2)s1. The summed E-state index contributed by atoms with van der Waals surface area (Å²) in [5.74, 6) is -0.892. The molecule has 1 aromatic heterocycles. The normalized spacial score (nSPS) is 24.8. The first-order valence-corrected chi connectivity index (χ1v) is 7.36. The van der Waals surface area contributed by atoms with Crippen LogP contribution in [0.1, 0.15) is 36.9 Å². The van der Waals surface area contributed by atoms with Gasteiger partial charge in [-0.05, 0) is 24.0 Å². The van der Waals surface area contributed by atoms with Gasteiger partial charge in [0.05, 0.1) is 0 Å². The van der Waals surface area contributed by atoms with Crippen molar-refractivity contribution < 1.29 is 9.90 Å². The molecule has 0 bridgehead atoms. The first kappa shape index (κ1) is 14.5. The van der Waals surface area contributed by atoms with E-state index < -0.39 is 11.5 Å². The Morgan fingerprint density at radius 2 is 2.21 bits per heavy atom. The summed E-state index contributed by atoms with van der Waals surface area (Å²) in [6.07, 6.45) is 0.528. The van der Waals surface area contributed by atoms with Gasteiger partial charge in [0.1, 0.15) is 5.54 Å². The second-order valence-corrected chi connectivity index (χ2v) is 7.61. The molecule has 0 spiro atoms. The number of thiophene rings is 1. The van der Waals surface area contributed by atoms with Crippen LogP contribution < -0.4 is 5.73 Å². The molecule has 106 valence electrons. The number of likely N-dealkylation sites (tertiary alicyclic amines) is 1. The molecule has 2 rings (SSSR count). The van der Waals surface area contributed by atoms with Gasteiger partial charge in [0.15, 0.2) is 0 Å². The number of rotatable bonds is 3. The lowest BCUT2D eigenvalue weighted by atomic mass is 9.95. The molecule has 1 fully saturated rings. The van der Waals surface area contributed by atoms with E-state index in [1.165, 1.54) is 9.75 Å². The molecule has 19 heavy (non-hydrogen) atoms. The highest BCUT2D eigenvalue weighted by Gasteiger charge is 2.41. The Labute approximate surface area is 118 Å². The summed E-state index contributed by atoms with van der Waals surface area (Å²) in [5, 5.41) is 9.12. The van der Waals surface area contributed by atoms with Crippen molar-refractivity contribution in [2.24, 2.45) is 5.73 Å². The Morgan fingerprint density at radius 1 is 1.53 bits per heavy atom. The zero-order valence-electron chi connectivity index (χ0n) is 11.8. The summed E-state index contributed by atoms with van der Waals surface area (Å²) < 4.78 is 0. The van der Waals surface area contributed by atoms with E-state index in [2.05, 4.69) is 37.8 Å². The van der Waals surface area contributed by atoms with Crippen LogP contribution in [0.3, 0.4) is 0 Å². The fourth-order valence-electron chi connectivity index (χ4n) is 2.31. The van der Waals surface area contributed by atoms with E-state index in [-0.39, 0.29) is 5.41 Å². The Balaban J connectivity index is 2.00. The van der Waals surface area contributed by atoms with E-state index in [9.17, 15) is 4.79 Å². The van der Waals surface area contributed by atoms with Crippen molar-refractivity contribution in [3.63, 3.8) is 0 Å². The van der Waals surface area contributed by atoms with E-state index >= 15 is 0 Å². The lowest BCUT2D eigenvalue weighted by molar-refractivity contribution is -0.142. The van der Waals surface area contributed by atoms with Gasteiger partial charge in [0.2, 0.25) is 0 Å². The van der Waals surface area contributed by atoms with Crippen molar-refractivity contribution in [2.45, 2.75) is 44.7 Å². The molecule has 1 aliphatic rings. The third-order valence-electron chi connectivity index (χ3n) is 3.59. The molecule has 0 aliphatic carbocycles. The van der Waals surface area contributed by atoms with Gasteiger partial charge in [-0.25, -0.2) is 0 Å². The number of nitrogens with two attached hydrogens (primary N) is 1. The molecule has 4 nitrogen and oxygen atoms in total. The zero-order valence-corrected chi connectivity index (χ0v) is 12.6. The van der Waals surface area contributed by atoms with Gasteiger partial charge >= 0.3 is 5.97 Å². The summed E-state index contributed by atoms with van der Waals surface area (Å²) in [5.41, 5.74) is 4.99. The monoisotopic (exact) mass is 282 g/mol. The highest BCUT2D eigenvalue weighted by molar-refractivity contribution is 7.12. The van der Waals surface area contributed by atoms with Crippen molar-refractivity contribution in [1.29, 1.82) is 0 Å². The maximum absolute atomic E-state index is 11.1. The Morgan fingerprint density at radius 3 is 2.68 bits per heavy atom.